The van der Waals surface area contributed by atoms with E-state index in [0.29, 0.717) is 21.8 Å². The van der Waals surface area contributed by atoms with Gasteiger partial charge in [0.2, 0.25) is 0 Å². The summed E-state index contributed by atoms with van der Waals surface area (Å²) in [5, 5.41) is 4.40. The highest BCUT2D eigenvalue weighted by Gasteiger charge is 2.05. The molecule has 1 aromatic carbocycles. The summed E-state index contributed by atoms with van der Waals surface area (Å²) >= 11 is 9.79. The van der Waals surface area contributed by atoms with Crippen LogP contribution in [0.1, 0.15) is 0 Å². The number of thioether (sulfide) groups is 1. The lowest BCUT2D eigenvalue weighted by molar-refractivity contribution is 0.984. The number of hydrogen-bond acceptors (Lipinski definition) is 5. The smallest absolute Gasteiger partial charge is 0.191 e. The highest BCUT2D eigenvalue weighted by atomic mass is 127. The third kappa shape index (κ3) is 3.39. The van der Waals surface area contributed by atoms with Crippen molar-refractivity contribution >= 4 is 63.3 Å². The van der Waals surface area contributed by atoms with Crippen molar-refractivity contribution in [1.82, 2.24) is 9.97 Å². The Morgan fingerprint density at radius 3 is 2.78 bits per heavy atom. The molecule has 1 aromatic heterocycles. The van der Waals surface area contributed by atoms with E-state index in [1.165, 1.54) is 11.8 Å². The summed E-state index contributed by atoms with van der Waals surface area (Å²) in [6.45, 7) is 0. The molecule has 0 unspecified atom stereocenters. The first-order valence-electron chi connectivity index (χ1n) is 4.99. The number of rotatable bonds is 3. The van der Waals surface area contributed by atoms with Gasteiger partial charge in [-0.3, -0.25) is 0 Å². The molecule has 1 heterocycles. The SMILES string of the molecule is CSc1nc(N)cc(Nc2ccc(I)cc2Cl)n1. The number of nitrogens with two attached hydrogens (primary N) is 1. The summed E-state index contributed by atoms with van der Waals surface area (Å²) < 4.78 is 1.08. The molecule has 94 valence electrons. The standard InChI is InChI=1S/C11H10ClIN4S/c1-18-11-16-9(14)5-10(17-11)15-8-3-2-6(13)4-7(8)12/h2-5H,1H3,(H3,14,15,16,17). The number of aromatic nitrogens is 2. The summed E-state index contributed by atoms with van der Waals surface area (Å²) in [5.41, 5.74) is 6.51. The van der Waals surface area contributed by atoms with Crippen LogP contribution in [0, 0.1) is 3.57 Å². The Hall–Kier alpha value is -0.730. The minimum absolute atomic E-state index is 0.429. The van der Waals surface area contributed by atoms with Crippen LogP contribution >= 0.6 is 46.0 Å². The van der Waals surface area contributed by atoms with Crippen molar-refractivity contribution in [3.8, 4) is 0 Å². The Bertz CT molecular complexity index is 579. The molecule has 2 rings (SSSR count). The molecule has 0 fully saturated rings. The Morgan fingerprint density at radius 2 is 2.11 bits per heavy atom. The molecule has 18 heavy (non-hydrogen) atoms. The Morgan fingerprint density at radius 1 is 1.33 bits per heavy atom. The zero-order chi connectivity index (χ0) is 13.1. The fourth-order valence-electron chi connectivity index (χ4n) is 1.33. The first kappa shape index (κ1) is 13.7. The van der Waals surface area contributed by atoms with Crippen molar-refractivity contribution in [3.63, 3.8) is 0 Å². The lowest BCUT2D eigenvalue weighted by Crippen LogP contribution is -2.00. The summed E-state index contributed by atoms with van der Waals surface area (Å²) in [5.74, 6) is 1.06. The normalized spacial score (nSPS) is 10.4. The van der Waals surface area contributed by atoms with E-state index in [4.69, 9.17) is 17.3 Å². The Labute approximate surface area is 128 Å². The van der Waals surface area contributed by atoms with Crippen LogP contribution in [0.25, 0.3) is 0 Å². The highest BCUT2D eigenvalue weighted by molar-refractivity contribution is 14.1. The number of nitrogen functional groups attached to an aromatic ring is 1. The van der Waals surface area contributed by atoms with Gasteiger partial charge < -0.3 is 11.1 Å². The van der Waals surface area contributed by atoms with Gasteiger partial charge in [0.25, 0.3) is 0 Å². The Balaban J connectivity index is 2.30. The second-order valence-corrected chi connectivity index (χ2v) is 5.84. The first-order chi connectivity index (χ1) is 8.58. The molecule has 0 saturated heterocycles. The highest BCUT2D eigenvalue weighted by Crippen LogP contribution is 2.27. The number of halogens is 2. The van der Waals surface area contributed by atoms with Gasteiger partial charge in [0.15, 0.2) is 5.16 Å². The van der Waals surface area contributed by atoms with E-state index in [1.807, 2.05) is 24.5 Å². The molecule has 4 nitrogen and oxygen atoms in total. The maximum atomic E-state index is 6.15. The van der Waals surface area contributed by atoms with Crippen LogP contribution in [0.15, 0.2) is 29.4 Å². The molecule has 0 atom stereocenters. The second-order valence-electron chi connectivity index (χ2n) is 3.41. The predicted octanol–water partition coefficient (Wildman–Crippen LogP) is 3.78. The molecule has 0 saturated carbocycles. The van der Waals surface area contributed by atoms with Crippen molar-refractivity contribution in [2.24, 2.45) is 0 Å². The van der Waals surface area contributed by atoms with Crippen molar-refractivity contribution in [2.45, 2.75) is 5.16 Å². The molecule has 0 amide bonds. The maximum Gasteiger partial charge on any atom is 0.191 e. The molecule has 3 N–H and O–H groups in total. The van der Waals surface area contributed by atoms with Gasteiger partial charge in [-0.25, -0.2) is 9.97 Å². The third-order valence-corrected chi connectivity index (χ3v) is 3.63. The topological polar surface area (TPSA) is 63.8 Å². The average Bonchev–Trinajstić information content (AvgIpc) is 2.32. The zero-order valence-corrected chi connectivity index (χ0v) is 13.2. The van der Waals surface area contributed by atoms with Gasteiger partial charge in [-0.1, -0.05) is 23.4 Å². The van der Waals surface area contributed by atoms with Crippen molar-refractivity contribution in [1.29, 1.82) is 0 Å². The van der Waals surface area contributed by atoms with Gasteiger partial charge in [-0.15, -0.1) is 0 Å². The maximum absolute atomic E-state index is 6.15. The van der Waals surface area contributed by atoms with Crippen LogP contribution in [0.4, 0.5) is 17.3 Å². The summed E-state index contributed by atoms with van der Waals surface area (Å²) in [4.78, 5) is 8.40. The molecular weight excluding hydrogens is 383 g/mol. The lowest BCUT2D eigenvalue weighted by atomic mass is 10.3. The van der Waals surface area contributed by atoms with E-state index < -0.39 is 0 Å². The largest absolute Gasteiger partial charge is 0.383 e. The summed E-state index contributed by atoms with van der Waals surface area (Å²) in [6.07, 6.45) is 1.90. The molecule has 0 aliphatic carbocycles. The third-order valence-electron chi connectivity index (χ3n) is 2.10. The molecule has 7 heteroatoms. The zero-order valence-electron chi connectivity index (χ0n) is 9.45. The van der Waals surface area contributed by atoms with E-state index in [2.05, 4.69) is 37.9 Å². The van der Waals surface area contributed by atoms with E-state index in [0.717, 1.165) is 9.26 Å². The quantitative estimate of drug-likeness (QED) is 0.473. The molecule has 0 radical (unpaired) electrons. The summed E-state index contributed by atoms with van der Waals surface area (Å²) in [7, 11) is 0. The second kappa shape index (κ2) is 5.94. The fraction of sp³-hybridized carbons (Fsp3) is 0.0909. The van der Waals surface area contributed by atoms with Gasteiger partial charge in [-0.05, 0) is 47.0 Å². The van der Waals surface area contributed by atoms with Crippen molar-refractivity contribution in [3.05, 3.63) is 32.9 Å². The molecule has 0 aliphatic rings. The molecule has 0 bridgehead atoms. The van der Waals surface area contributed by atoms with Gasteiger partial charge in [-0.2, -0.15) is 0 Å². The molecule has 0 spiro atoms. The van der Waals surface area contributed by atoms with Crippen LogP contribution in [-0.4, -0.2) is 16.2 Å². The van der Waals surface area contributed by atoms with Gasteiger partial charge >= 0.3 is 0 Å². The van der Waals surface area contributed by atoms with E-state index in [-0.39, 0.29) is 0 Å². The minimum atomic E-state index is 0.429. The van der Waals surface area contributed by atoms with E-state index >= 15 is 0 Å². The van der Waals surface area contributed by atoms with Crippen LogP contribution in [0.2, 0.25) is 5.02 Å². The van der Waals surface area contributed by atoms with E-state index in [9.17, 15) is 0 Å². The van der Waals surface area contributed by atoms with Crippen LogP contribution in [0.5, 0.6) is 0 Å². The van der Waals surface area contributed by atoms with Crippen molar-refractivity contribution in [2.75, 3.05) is 17.3 Å². The van der Waals surface area contributed by atoms with Gasteiger partial charge in [0.1, 0.15) is 11.6 Å². The Kier molecular flexibility index (Phi) is 4.52. The van der Waals surface area contributed by atoms with Gasteiger partial charge in [0.05, 0.1) is 10.7 Å². The van der Waals surface area contributed by atoms with Crippen LogP contribution in [0.3, 0.4) is 0 Å². The van der Waals surface area contributed by atoms with E-state index in [1.54, 1.807) is 6.07 Å². The van der Waals surface area contributed by atoms with Crippen molar-refractivity contribution < 1.29 is 0 Å². The monoisotopic (exact) mass is 392 g/mol. The lowest BCUT2D eigenvalue weighted by Gasteiger charge is -2.09. The van der Waals surface area contributed by atoms with Crippen LogP contribution in [-0.2, 0) is 0 Å². The molecular formula is C11H10ClIN4S. The molecule has 0 aliphatic heterocycles. The van der Waals surface area contributed by atoms with Gasteiger partial charge in [0, 0.05) is 9.64 Å². The molecule has 2 aromatic rings. The number of anilines is 3. The summed E-state index contributed by atoms with van der Waals surface area (Å²) in [6, 6.07) is 7.43. The average molecular weight is 393 g/mol. The van der Waals surface area contributed by atoms with Crippen LogP contribution < -0.4 is 11.1 Å². The number of nitrogens with one attached hydrogen (secondary N) is 1. The number of hydrogen-bond donors (Lipinski definition) is 2. The first-order valence-corrected chi connectivity index (χ1v) is 7.67. The minimum Gasteiger partial charge on any atom is -0.383 e. The fourth-order valence-corrected chi connectivity index (χ4v) is 2.62. The predicted molar refractivity (Wildman–Crippen MR) is 85.7 cm³/mol. The number of benzene rings is 1. The number of nitrogens with zero attached hydrogens (tertiary/aromatic N) is 2.